The van der Waals surface area contributed by atoms with Gasteiger partial charge in [0.05, 0.1) is 0 Å². The van der Waals surface area contributed by atoms with Crippen molar-refractivity contribution in [3.63, 3.8) is 0 Å². The second-order valence-corrected chi connectivity index (χ2v) is 4.96. The first-order chi connectivity index (χ1) is 8.43. The lowest BCUT2D eigenvalue weighted by Gasteiger charge is -2.19. The van der Waals surface area contributed by atoms with Crippen LogP contribution in [0.15, 0.2) is 0 Å². The zero-order valence-corrected chi connectivity index (χ0v) is 12.3. The molecule has 0 radical (unpaired) electrons. The van der Waals surface area contributed by atoms with Crippen LogP contribution < -0.4 is 5.32 Å². The molecule has 0 unspecified atom stereocenters. The molecule has 0 atom stereocenters. The fraction of sp³-hybridized carbons (Fsp3) is 0.917. The maximum atomic E-state index is 10.7. The highest BCUT2D eigenvalue weighted by molar-refractivity contribution is 6.45. The fourth-order valence-electron chi connectivity index (χ4n) is 1.65. The summed E-state index contributed by atoms with van der Waals surface area (Å²) >= 11 is 0. The number of carbonyl (C=O) groups excluding carboxylic acids is 1. The van der Waals surface area contributed by atoms with Gasteiger partial charge < -0.3 is 20.1 Å². The highest BCUT2D eigenvalue weighted by Gasteiger charge is 2.09. The number of hydrogen-bond acceptors (Lipinski definition) is 4. The molecule has 0 saturated carbocycles. The zero-order valence-electron chi connectivity index (χ0n) is 12.3. The molecular weight excluding hydrogens is 229 g/mol. The summed E-state index contributed by atoms with van der Waals surface area (Å²) in [5.41, 5.74) is 0. The van der Waals surface area contributed by atoms with Crippen molar-refractivity contribution in [3.05, 3.63) is 0 Å². The van der Waals surface area contributed by atoms with Crippen LogP contribution in [-0.4, -0.2) is 68.0 Å². The van der Waals surface area contributed by atoms with Crippen molar-refractivity contribution >= 4 is 13.0 Å². The van der Waals surface area contributed by atoms with Gasteiger partial charge in [-0.1, -0.05) is 0 Å². The predicted molar refractivity (Wildman–Crippen MR) is 76.5 cm³/mol. The van der Waals surface area contributed by atoms with Crippen molar-refractivity contribution in [1.29, 1.82) is 0 Å². The zero-order chi connectivity index (χ0) is 14.0. The average molecular weight is 257 g/mol. The lowest BCUT2D eigenvalue weighted by atomic mass is 9.86. The van der Waals surface area contributed by atoms with E-state index < -0.39 is 0 Å². The molecule has 0 aromatic heterocycles. The molecule has 0 heterocycles. The summed E-state index contributed by atoms with van der Waals surface area (Å²) in [6.45, 7) is 7.08. The monoisotopic (exact) mass is 257 g/mol. The van der Waals surface area contributed by atoms with Crippen LogP contribution in [0.3, 0.4) is 0 Å². The normalized spacial score (nSPS) is 11.1. The highest BCUT2D eigenvalue weighted by Crippen LogP contribution is 1.97. The molecule has 5 nitrogen and oxygen atoms in total. The van der Waals surface area contributed by atoms with Crippen LogP contribution in [0.25, 0.3) is 0 Å². The minimum atomic E-state index is -0.361. The van der Waals surface area contributed by atoms with Crippen molar-refractivity contribution in [2.24, 2.45) is 0 Å². The van der Waals surface area contributed by atoms with Crippen LogP contribution in [-0.2, 0) is 4.79 Å². The number of carbonyl (C=O) groups is 1. The first kappa shape index (κ1) is 17.4. The van der Waals surface area contributed by atoms with Gasteiger partial charge in [-0.25, -0.2) is 0 Å². The number of unbranched alkanes of at least 4 members (excludes halogenated alkanes) is 1. The standard InChI is InChI=1S/C12H28BN3O2/c1-12(17)14-8-7-10-15(3)9-5-6-11-16(4)13(2)18/h18H,5-11H2,1-4H3,(H,14,17). The van der Waals surface area contributed by atoms with Crippen molar-refractivity contribution in [2.75, 3.05) is 40.3 Å². The van der Waals surface area contributed by atoms with E-state index >= 15 is 0 Å². The number of nitrogens with zero attached hydrogens (tertiary/aromatic N) is 2. The van der Waals surface area contributed by atoms with E-state index in [0.717, 1.165) is 45.4 Å². The maximum Gasteiger partial charge on any atom is 0.376 e. The van der Waals surface area contributed by atoms with E-state index in [1.54, 1.807) is 13.7 Å². The minimum Gasteiger partial charge on any atom is -0.437 e. The second-order valence-electron chi connectivity index (χ2n) is 4.96. The molecule has 106 valence electrons. The molecule has 0 aromatic carbocycles. The number of nitrogens with one attached hydrogen (secondary N) is 1. The maximum absolute atomic E-state index is 10.7. The Morgan fingerprint density at radius 3 is 2.28 bits per heavy atom. The molecule has 0 bridgehead atoms. The van der Waals surface area contributed by atoms with E-state index in [9.17, 15) is 9.82 Å². The molecule has 6 heteroatoms. The van der Waals surface area contributed by atoms with Gasteiger partial charge >= 0.3 is 7.05 Å². The largest absolute Gasteiger partial charge is 0.437 e. The van der Waals surface area contributed by atoms with Gasteiger partial charge in [0, 0.05) is 13.5 Å². The van der Waals surface area contributed by atoms with Crippen molar-refractivity contribution in [2.45, 2.75) is 33.0 Å². The Balaban J connectivity index is 3.37. The van der Waals surface area contributed by atoms with Crippen LogP contribution in [0, 0.1) is 0 Å². The van der Waals surface area contributed by atoms with Crippen LogP contribution >= 0.6 is 0 Å². The summed E-state index contributed by atoms with van der Waals surface area (Å²) < 4.78 is 0. The van der Waals surface area contributed by atoms with Gasteiger partial charge in [-0.05, 0) is 59.8 Å². The van der Waals surface area contributed by atoms with Crippen molar-refractivity contribution in [3.8, 4) is 0 Å². The summed E-state index contributed by atoms with van der Waals surface area (Å²) in [6.07, 6.45) is 3.22. The third-order valence-electron chi connectivity index (χ3n) is 3.03. The van der Waals surface area contributed by atoms with Gasteiger partial charge in [0.15, 0.2) is 0 Å². The van der Waals surface area contributed by atoms with Gasteiger partial charge in [-0.15, -0.1) is 0 Å². The first-order valence-corrected chi connectivity index (χ1v) is 6.74. The minimum absolute atomic E-state index is 0.0406. The van der Waals surface area contributed by atoms with E-state index in [4.69, 9.17) is 0 Å². The van der Waals surface area contributed by atoms with E-state index in [2.05, 4.69) is 17.3 Å². The predicted octanol–water partition coefficient (Wildman–Crippen LogP) is 0.267. The van der Waals surface area contributed by atoms with Crippen LogP contribution in [0.5, 0.6) is 0 Å². The molecule has 0 saturated heterocycles. The molecule has 0 aliphatic rings. The highest BCUT2D eigenvalue weighted by atomic mass is 16.2. The van der Waals surface area contributed by atoms with E-state index in [1.807, 2.05) is 11.9 Å². The topological polar surface area (TPSA) is 55.8 Å². The van der Waals surface area contributed by atoms with Crippen LogP contribution in [0.4, 0.5) is 0 Å². The van der Waals surface area contributed by atoms with Gasteiger partial charge in [0.25, 0.3) is 0 Å². The smallest absolute Gasteiger partial charge is 0.376 e. The average Bonchev–Trinajstić information content (AvgIpc) is 2.29. The SMILES string of the molecule is CB(O)N(C)CCCCN(C)CCCNC(C)=O. The Hall–Kier alpha value is -0.585. The molecule has 2 N–H and O–H groups in total. The molecular formula is C12H28BN3O2. The van der Waals surface area contributed by atoms with Gasteiger partial charge in [0.1, 0.15) is 0 Å². The van der Waals surface area contributed by atoms with Crippen molar-refractivity contribution < 1.29 is 9.82 Å². The molecule has 1 amide bonds. The molecule has 0 aromatic rings. The molecule has 0 fully saturated rings. The lowest BCUT2D eigenvalue weighted by Crippen LogP contribution is -2.34. The Morgan fingerprint density at radius 2 is 1.72 bits per heavy atom. The second kappa shape index (κ2) is 10.3. The van der Waals surface area contributed by atoms with E-state index in [-0.39, 0.29) is 13.0 Å². The van der Waals surface area contributed by atoms with Crippen LogP contribution in [0.1, 0.15) is 26.2 Å². The lowest BCUT2D eigenvalue weighted by molar-refractivity contribution is -0.118. The number of amides is 1. The molecule has 18 heavy (non-hydrogen) atoms. The number of rotatable bonds is 10. The summed E-state index contributed by atoms with van der Waals surface area (Å²) in [6, 6.07) is 0. The fourth-order valence-corrected chi connectivity index (χ4v) is 1.65. The first-order valence-electron chi connectivity index (χ1n) is 6.74. The third-order valence-corrected chi connectivity index (χ3v) is 3.03. The third kappa shape index (κ3) is 10.6. The van der Waals surface area contributed by atoms with E-state index in [1.165, 1.54) is 0 Å². The molecule has 0 rings (SSSR count). The quantitative estimate of drug-likeness (QED) is 0.435. The summed E-state index contributed by atoms with van der Waals surface area (Å²) in [7, 11) is 3.67. The summed E-state index contributed by atoms with van der Waals surface area (Å²) in [4.78, 5) is 14.9. The molecule has 0 spiro atoms. The Labute approximate surface area is 112 Å². The molecule has 0 aliphatic carbocycles. The van der Waals surface area contributed by atoms with Crippen molar-refractivity contribution in [1.82, 2.24) is 15.0 Å². The summed E-state index contributed by atoms with van der Waals surface area (Å²) in [5.74, 6) is 0.0406. The summed E-state index contributed by atoms with van der Waals surface area (Å²) in [5, 5.41) is 12.1. The number of hydrogen-bond donors (Lipinski definition) is 2. The van der Waals surface area contributed by atoms with E-state index in [0.29, 0.717) is 0 Å². The Kier molecular flexibility index (Phi) is 10.0. The van der Waals surface area contributed by atoms with Gasteiger partial charge in [0.2, 0.25) is 5.91 Å². The van der Waals surface area contributed by atoms with Gasteiger partial charge in [-0.3, -0.25) is 4.79 Å². The Morgan fingerprint density at radius 1 is 1.17 bits per heavy atom. The Bertz CT molecular complexity index is 227. The molecule has 0 aliphatic heterocycles. The van der Waals surface area contributed by atoms with Gasteiger partial charge in [-0.2, -0.15) is 0 Å². The van der Waals surface area contributed by atoms with Crippen LogP contribution in [0.2, 0.25) is 6.82 Å².